The van der Waals surface area contributed by atoms with Crippen molar-refractivity contribution < 1.29 is 9.59 Å². The van der Waals surface area contributed by atoms with Gasteiger partial charge in [-0.2, -0.15) is 0 Å². The van der Waals surface area contributed by atoms with Crippen molar-refractivity contribution in [2.45, 2.75) is 0 Å². The summed E-state index contributed by atoms with van der Waals surface area (Å²) in [6, 6.07) is 7.22. The Bertz CT molecular complexity index is 402. The zero-order chi connectivity index (χ0) is 12.0. The van der Waals surface area contributed by atoms with Crippen molar-refractivity contribution in [1.82, 2.24) is 0 Å². The summed E-state index contributed by atoms with van der Waals surface area (Å²) in [5.41, 5.74) is 11.6. The van der Waals surface area contributed by atoms with Crippen molar-refractivity contribution in [2.24, 2.45) is 11.5 Å². The molecule has 82 valence electrons. The van der Waals surface area contributed by atoms with Gasteiger partial charge in [-0.15, -0.1) is 0 Å². The van der Waals surface area contributed by atoms with Gasteiger partial charge in [0.1, 0.15) is 0 Å². The van der Waals surface area contributed by atoms with E-state index in [-0.39, 0.29) is 0 Å². The predicted molar refractivity (Wildman–Crippen MR) is 62.9 cm³/mol. The summed E-state index contributed by atoms with van der Waals surface area (Å²) in [5, 5.41) is 0. The minimum Gasteiger partial charge on any atom is -0.366 e. The van der Waals surface area contributed by atoms with Gasteiger partial charge in [0.05, 0.1) is 0 Å². The second-order valence-electron chi connectivity index (χ2n) is 3.14. The molecule has 0 heterocycles. The van der Waals surface area contributed by atoms with Crippen LogP contribution in [-0.4, -0.2) is 11.8 Å². The molecule has 4 N–H and O–H groups in total. The molecule has 0 saturated carbocycles. The number of carbonyl (C=O) groups is 2. The number of hydrogen-bond acceptors (Lipinski definition) is 2. The summed E-state index contributed by atoms with van der Waals surface area (Å²) in [7, 11) is 0. The van der Waals surface area contributed by atoms with Crippen LogP contribution in [0.4, 0.5) is 0 Å². The first-order valence-corrected chi connectivity index (χ1v) is 4.63. The number of amides is 2. The highest BCUT2D eigenvalue weighted by Crippen LogP contribution is 2.07. The molecule has 0 atom stereocenters. The first-order valence-electron chi connectivity index (χ1n) is 4.63. The molecule has 0 unspecified atom stereocenters. The maximum Gasteiger partial charge on any atom is 0.241 e. The van der Waals surface area contributed by atoms with E-state index in [0.717, 1.165) is 11.1 Å². The Labute approximate surface area is 93.2 Å². The molecule has 0 bridgehead atoms. The average Bonchev–Trinajstić information content (AvgIpc) is 2.25. The van der Waals surface area contributed by atoms with E-state index in [0.29, 0.717) is 0 Å². The lowest BCUT2D eigenvalue weighted by atomic mass is 10.1. The fraction of sp³-hybridized carbons (Fsp3) is 0. The Morgan fingerprint density at radius 3 is 1.38 bits per heavy atom. The van der Waals surface area contributed by atoms with Gasteiger partial charge in [0.15, 0.2) is 0 Å². The summed E-state index contributed by atoms with van der Waals surface area (Å²) in [5.74, 6) is -0.976. The zero-order valence-electron chi connectivity index (χ0n) is 8.59. The van der Waals surface area contributed by atoms with Gasteiger partial charge in [0, 0.05) is 12.2 Å². The molecule has 0 aliphatic rings. The molecular weight excluding hydrogens is 204 g/mol. The second-order valence-corrected chi connectivity index (χ2v) is 3.14. The number of carbonyl (C=O) groups excluding carboxylic acids is 2. The van der Waals surface area contributed by atoms with Gasteiger partial charge in [0.2, 0.25) is 11.8 Å². The van der Waals surface area contributed by atoms with Gasteiger partial charge in [-0.25, -0.2) is 0 Å². The minimum absolute atomic E-state index is 0.488. The monoisotopic (exact) mass is 216 g/mol. The van der Waals surface area contributed by atoms with Crippen LogP contribution in [0.15, 0.2) is 36.4 Å². The van der Waals surface area contributed by atoms with Crippen molar-refractivity contribution >= 4 is 24.0 Å². The third-order valence-electron chi connectivity index (χ3n) is 1.82. The molecule has 4 heteroatoms. The minimum atomic E-state index is -0.488. The fourth-order valence-corrected chi connectivity index (χ4v) is 1.07. The van der Waals surface area contributed by atoms with Gasteiger partial charge in [0.25, 0.3) is 0 Å². The standard InChI is InChI=1S/C12H12N2O2/c13-11(15)7-5-9-1-2-10(4-3-9)6-8-12(14)16/h1-8H,(H2,13,15)(H2,14,16)/b7-5-,8-6-. The van der Waals surface area contributed by atoms with Gasteiger partial charge in [-0.3, -0.25) is 9.59 Å². The van der Waals surface area contributed by atoms with E-state index >= 15 is 0 Å². The SMILES string of the molecule is NC(=O)/C=C\c1ccc(/C=C\C(N)=O)cc1. The zero-order valence-corrected chi connectivity index (χ0v) is 8.59. The number of hydrogen-bond donors (Lipinski definition) is 2. The van der Waals surface area contributed by atoms with Crippen LogP contribution in [0.5, 0.6) is 0 Å². The molecule has 1 aromatic carbocycles. The predicted octanol–water partition coefficient (Wildman–Crippen LogP) is 0.684. The van der Waals surface area contributed by atoms with E-state index < -0.39 is 11.8 Å². The lowest BCUT2D eigenvalue weighted by molar-refractivity contribution is -0.114. The molecule has 0 aliphatic carbocycles. The molecule has 0 spiro atoms. The molecule has 16 heavy (non-hydrogen) atoms. The average molecular weight is 216 g/mol. The van der Waals surface area contributed by atoms with Crippen LogP contribution < -0.4 is 11.5 Å². The van der Waals surface area contributed by atoms with Gasteiger partial charge in [-0.05, 0) is 23.3 Å². The third kappa shape index (κ3) is 4.23. The Balaban J connectivity index is 2.75. The Kier molecular flexibility index (Phi) is 4.03. The molecule has 0 aromatic heterocycles. The summed E-state index contributed by atoms with van der Waals surface area (Å²) in [4.78, 5) is 21.0. The maximum atomic E-state index is 10.5. The van der Waals surface area contributed by atoms with E-state index in [4.69, 9.17) is 11.5 Å². The molecular formula is C12H12N2O2. The molecule has 1 rings (SSSR count). The van der Waals surface area contributed by atoms with Crippen LogP contribution in [-0.2, 0) is 9.59 Å². The van der Waals surface area contributed by atoms with Gasteiger partial charge >= 0.3 is 0 Å². The molecule has 4 nitrogen and oxygen atoms in total. The van der Waals surface area contributed by atoms with Crippen LogP contribution in [0.1, 0.15) is 11.1 Å². The first-order chi connectivity index (χ1) is 7.58. The molecule has 0 fully saturated rings. The van der Waals surface area contributed by atoms with Crippen LogP contribution in [0.3, 0.4) is 0 Å². The lowest BCUT2D eigenvalue weighted by Gasteiger charge is -1.95. The van der Waals surface area contributed by atoms with Gasteiger partial charge < -0.3 is 11.5 Å². The number of nitrogens with two attached hydrogens (primary N) is 2. The molecule has 2 amide bonds. The largest absolute Gasteiger partial charge is 0.366 e. The molecule has 0 aliphatic heterocycles. The van der Waals surface area contributed by atoms with Crippen LogP contribution >= 0.6 is 0 Å². The number of primary amides is 2. The van der Waals surface area contributed by atoms with Gasteiger partial charge in [-0.1, -0.05) is 24.3 Å². The molecule has 0 saturated heterocycles. The second kappa shape index (κ2) is 5.50. The maximum absolute atomic E-state index is 10.5. The van der Waals surface area contributed by atoms with Crippen molar-refractivity contribution in [2.75, 3.05) is 0 Å². The lowest BCUT2D eigenvalue weighted by Crippen LogP contribution is -2.05. The van der Waals surface area contributed by atoms with Crippen LogP contribution in [0.25, 0.3) is 12.2 Å². The summed E-state index contributed by atoms with van der Waals surface area (Å²) in [6.45, 7) is 0. The van der Waals surface area contributed by atoms with Crippen molar-refractivity contribution in [3.63, 3.8) is 0 Å². The number of benzene rings is 1. The van der Waals surface area contributed by atoms with E-state index in [9.17, 15) is 9.59 Å². The smallest absolute Gasteiger partial charge is 0.241 e. The number of rotatable bonds is 4. The summed E-state index contributed by atoms with van der Waals surface area (Å²) >= 11 is 0. The quantitative estimate of drug-likeness (QED) is 0.725. The van der Waals surface area contributed by atoms with Crippen molar-refractivity contribution in [3.05, 3.63) is 47.5 Å². The highest BCUT2D eigenvalue weighted by Gasteiger charge is 1.90. The first kappa shape index (κ1) is 11.7. The van der Waals surface area contributed by atoms with E-state index in [1.165, 1.54) is 12.2 Å². The Morgan fingerprint density at radius 2 is 1.12 bits per heavy atom. The fourth-order valence-electron chi connectivity index (χ4n) is 1.07. The summed E-state index contributed by atoms with van der Waals surface area (Å²) in [6.07, 6.45) is 5.80. The highest BCUT2D eigenvalue weighted by molar-refractivity contribution is 5.91. The highest BCUT2D eigenvalue weighted by atomic mass is 16.1. The van der Waals surface area contributed by atoms with E-state index in [1.54, 1.807) is 36.4 Å². The normalized spacial score (nSPS) is 11.0. The molecule has 1 aromatic rings. The Hall–Kier alpha value is -2.36. The molecule has 0 radical (unpaired) electrons. The topological polar surface area (TPSA) is 86.2 Å². The van der Waals surface area contributed by atoms with Crippen molar-refractivity contribution in [1.29, 1.82) is 0 Å². The van der Waals surface area contributed by atoms with Crippen LogP contribution in [0, 0.1) is 0 Å². The van der Waals surface area contributed by atoms with Crippen molar-refractivity contribution in [3.8, 4) is 0 Å². The third-order valence-corrected chi connectivity index (χ3v) is 1.82. The summed E-state index contributed by atoms with van der Waals surface area (Å²) < 4.78 is 0. The van der Waals surface area contributed by atoms with Crippen LogP contribution in [0.2, 0.25) is 0 Å². The van der Waals surface area contributed by atoms with E-state index in [1.807, 2.05) is 0 Å². The Morgan fingerprint density at radius 1 is 0.812 bits per heavy atom. The van der Waals surface area contributed by atoms with E-state index in [2.05, 4.69) is 0 Å².